The first-order valence-electron chi connectivity index (χ1n) is 18.3. The lowest BCUT2D eigenvalue weighted by Gasteiger charge is -2.64. The molecule has 11 heteroatoms. The molecule has 0 unspecified atom stereocenters. The average molecular weight is 681 g/mol. The molecule has 6 aliphatic rings. The minimum absolute atomic E-state index is 0.0217. The van der Waals surface area contributed by atoms with Crippen molar-refractivity contribution in [2.24, 2.45) is 50.7 Å². The zero-order valence-corrected chi connectivity index (χ0v) is 29.9. The maximum atomic E-state index is 13.3. The van der Waals surface area contributed by atoms with E-state index in [-0.39, 0.29) is 41.2 Å². The predicted molar refractivity (Wildman–Crippen MR) is 173 cm³/mol. The highest BCUT2D eigenvalue weighted by molar-refractivity contribution is 5.76. The first-order chi connectivity index (χ1) is 22.2. The monoisotopic (exact) mass is 680 g/mol. The molecule has 1 saturated heterocycles. The number of ether oxygens (including phenoxy) is 3. The smallest absolute Gasteiger partial charge is 0.312 e. The Kier molecular flexibility index (Phi) is 9.00. The molecule has 0 aromatic rings. The van der Waals surface area contributed by atoms with Gasteiger partial charge in [-0.2, -0.15) is 0 Å². The Morgan fingerprint density at radius 2 is 1.60 bits per heavy atom. The molecule has 0 radical (unpaired) electrons. The number of esters is 1. The average Bonchev–Trinajstić information content (AvgIpc) is 3.61. The minimum Gasteiger partial charge on any atom is -0.481 e. The molecule has 0 aromatic heterocycles. The van der Waals surface area contributed by atoms with E-state index in [1.807, 2.05) is 0 Å². The van der Waals surface area contributed by atoms with Gasteiger partial charge in [-0.05, 0) is 118 Å². The SMILES string of the molecule is CC(=O)O[C@@H](CC[C@@H](C)[C@H]1CC[C@@]2(C)[C@H]3CC[C@H]4[C@](C)(C(=O)O)[C@@H](O[C@@H]5OC[C@@H](O)[C@H](O)[C@H]5O)C[C@H](O)[C@@]45C[C@@]35CC[C@]12C)C(C)(C)O. The van der Waals surface area contributed by atoms with Crippen LogP contribution in [0.3, 0.4) is 0 Å². The van der Waals surface area contributed by atoms with Gasteiger partial charge in [0.05, 0.1) is 29.8 Å². The molecule has 6 fully saturated rings. The summed E-state index contributed by atoms with van der Waals surface area (Å²) < 4.78 is 17.2. The highest BCUT2D eigenvalue weighted by atomic mass is 16.7. The molecule has 6 N–H and O–H groups in total. The summed E-state index contributed by atoms with van der Waals surface area (Å²) in [5, 5.41) is 64.3. The van der Waals surface area contributed by atoms with E-state index in [9.17, 15) is 40.2 Å². The van der Waals surface area contributed by atoms with Crippen molar-refractivity contribution in [1.82, 2.24) is 0 Å². The molecule has 0 aromatic carbocycles. The van der Waals surface area contributed by atoms with Gasteiger partial charge >= 0.3 is 11.9 Å². The van der Waals surface area contributed by atoms with Gasteiger partial charge in [0.15, 0.2) is 6.29 Å². The number of carbonyl (C=O) groups excluding carboxylic acids is 1. The van der Waals surface area contributed by atoms with E-state index >= 15 is 0 Å². The Labute approximate surface area is 284 Å². The van der Waals surface area contributed by atoms with Gasteiger partial charge in [0.25, 0.3) is 0 Å². The third kappa shape index (κ3) is 4.99. The molecule has 5 aliphatic carbocycles. The number of rotatable bonds is 9. The maximum Gasteiger partial charge on any atom is 0.312 e. The summed E-state index contributed by atoms with van der Waals surface area (Å²) in [7, 11) is 0. The Morgan fingerprint density at radius 1 is 0.938 bits per heavy atom. The Morgan fingerprint density at radius 3 is 2.23 bits per heavy atom. The molecule has 2 spiro atoms. The number of carboxylic acids is 1. The van der Waals surface area contributed by atoms with E-state index in [2.05, 4.69) is 20.8 Å². The number of aliphatic hydroxyl groups excluding tert-OH is 4. The second-order valence-corrected chi connectivity index (χ2v) is 18.1. The summed E-state index contributed by atoms with van der Waals surface area (Å²) in [6.45, 7) is 13.4. The van der Waals surface area contributed by atoms with Crippen LogP contribution in [0.15, 0.2) is 0 Å². The van der Waals surface area contributed by atoms with Gasteiger partial charge in [0, 0.05) is 18.8 Å². The second kappa shape index (κ2) is 11.9. The van der Waals surface area contributed by atoms with E-state index in [0.29, 0.717) is 30.6 Å². The van der Waals surface area contributed by atoms with Crippen molar-refractivity contribution >= 4 is 11.9 Å². The van der Waals surface area contributed by atoms with E-state index in [1.54, 1.807) is 20.8 Å². The van der Waals surface area contributed by atoms with Crippen LogP contribution in [0, 0.1) is 50.7 Å². The highest BCUT2D eigenvalue weighted by Crippen LogP contribution is 2.89. The van der Waals surface area contributed by atoms with Gasteiger partial charge in [-0.25, -0.2) is 0 Å². The van der Waals surface area contributed by atoms with Crippen LogP contribution in [0.1, 0.15) is 113 Å². The lowest BCUT2D eigenvalue weighted by atomic mass is 9.41. The quantitative estimate of drug-likeness (QED) is 0.155. The molecule has 11 nitrogen and oxygen atoms in total. The van der Waals surface area contributed by atoms with Gasteiger partial charge < -0.3 is 44.8 Å². The summed E-state index contributed by atoms with van der Waals surface area (Å²) >= 11 is 0. The molecule has 5 saturated carbocycles. The van der Waals surface area contributed by atoms with Crippen molar-refractivity contribution in [2.45, 2.75) is 161 Å². The van der Waals surface area contributed by atoms with Gasteiger partial charge in [-0.3, -0.25) is 9.59 Å². The summed E-state index contributed by atoms with van der Waals surface area (Å²) in [6.07, 6.45) is 0.0930. The summed E-state index contributed by atoms with van der Waals surface area (Å²) in [4.78, 5) is 25.0. The van der Waals surface area contributed by atoms with Crippen molar-refractivity contribution in [1.29, 1.82) is 0 Å². The molecule has 1 heterocycles. The van der Waals surface area contributed by atoms with Crippen LogP contribution in [0.2, 0.25) is 0 Å². The van der Waals surface area contributed by atoms with Gasteiger partial charge in [0.2, 0.25) is 0 Å². The van der Waals surface area contributed by atoms with Crippen LogP contribution in [-0.4, -0.2) is 97.7 Å². The number of aliphatic carboxylic acids is 1. The summed E-state index contributed by atoms with van der Waals surface area (Å²) in [5.41, 5.74) is -3.06. The van der Waals surface area contributed by atoms with E-state index in [4.69, 9.17) is 14.2 Å². The number of aliphatic hydroxyl groups is 5. The molecule has 6 rings (SSSR count). The lowest BCUT2D eigenvalue weighted by Crippen LogP contribution is -2.65. The van der Waals surface area contributed by atoms with Crippen LogP contribution in [0.4, 0.5) is 0 Å². The topological polar surface area (TPSA) is 183 Å². The molecule has 274 valence electrons. The molecule has 1 aliphatic heterocycles. The van der Waals surface area contributed by atoms with Crippen molar-refractivity contribution < 1.29 is 54.4 Å². The Balaban J connectivity index is 1.23. The Hall–Kier alpha value is -1.34. The van der Waals surface area contributed by atoms with Crippen molar-refractivity contribution in [3.63, 3.8) is 0 Å². The number of fused-ring (bicyclic) bond motifs is 2. The standard InChI is InChI=1S/C37H60O11/c1-19(8-11-26(32(3,4)45)47-20(2)38)21-12-13-34(6)23-9-10-24-35(7,31(43)44)27(48-30-29(42)28(41)22(39)17-46-30)16-25(40)37(24)18-36(23,37)15-14-33(21,34)5/h19,21-30,39-42,45H,8-18H2,1-7H3,(H,43,44)/t19-,21-,22-,23-,24+,25+,26+,27+,28+,29-,30+,33-,34+,35+,36+,37-/m1/s1. The normalized spacial score (nSPS) is 51.0. The molecular weight excluding hydrogens is 620 g/mol. The number of carboxylic acid groups (broad SMARTS) is 1. The van der Waals surface area contributed by atoms with E-state index < -0.39 is 65.3 Å². The summed E-state index contributed by atoms with van der Waals surface area (Å²) in [5.74, 6) is -0.528. The number of hydrogen-bond acceptors (Lipinski definition) is 10. The predicted octanol–water partition coefficient (Wildman–Crippen LogP) is 3.40. The van der Waals surface area contributed by atoms with Crippen molar-refractivity contribution in [2.75, 3.05) is 6.61 Å². The molecule has 48 heavy (non-hydrogen) atoms. The zero-order valence-electron chi connectivity index (χ0n) is 29.9. The summed E-state index contributed by atoms with van der Waals surface area (Å²) in [6, 6.07) is 0. The maximum absolute atomic E-state index is 13.3. The van der Waals surface area contributed by atoms with Gasteiger partial charge in [-0.1, -0.05) is 20.8 Å². The lowest BCUT2D eigenvalue weighted by molar-refractivity contribution is -0.309. The fourth-order valence-corrected chi connectivity index (χ4v) is 12.9. The Bertz CT molecular complexity index is 1270. The first-order valence-corrected chi connectivity index (χ1v) is 18.3. The largest absolute Gasteiger partial charge is 0.481 e. The van der Waals surface area contributed by atoms with Gasteiger partial charge in [0.1, 0.15) is 24.4 Å². The van der Waals surface area contributed by atoms with Crippen molar-refractivity contribution in [3.05, 3.63) is 0 Å². The third-order valence-electron chi connectivity index (χ3n) is 15.7. The van der Waals surface area contributed by atoms with Crippen LogP contribution in [-0.2, 0) is 23.8 Å². The second-order valence-electron chi connectivity index (χ2n) is 18.1. The van der Waals surface area contributed by atoms with Crippen LogP contribution in [0.5, 0.6) is 0 Å². The van der Waals surface area contributed by atoms with Crippen molar-refractivity contribution in [3.8, 4) is 0 Å². The fourth-order valence-electron chi connectivity index (χ4n) is 12.9. The molecule has 0 amide bonds. The van der Waals surface area contributed by atoms with Crippen LogP contribution < -0.4 is 0 Å². The molecule has 16 atom stereocenters. The zero-order chi connectivity index (χ0) is 35.4. The fraction of sp³-hybridized carbons (Fsp3) is 0.946. The number of hydrogen-bond donors (Lipinski definition) is 6. The van der Waals surface area contributed by atoms with Gasteiger partial charge in [-0.15, -0.1) is 0 Å². The molecule has 0 bridgehead atoms. The van der Waals surface area contributed by atoms with Crippen LogP contribution in [0.25, 0.3) is 0 Å². The number of carbonyl (C=O) groups is 2. The first kappa shape index (κ1) is 36.5. The minimum atomic E-state index is -1.54. The molecular formula is C37H60O11. The third-order valence-corrected chi connectivity index (χ3v) is 15.7. The highest BCUT2D eigenvalue weighted by Gasteiger charge is 2.86. The van der Waals surface area contributed by atoms with E-state index in [1.165, 1.54) is 6.92 Å². The van der Waals surface area contributed by atoms with Crippen LogP contribution >= 0.6 is 0 Å². The van der Waals surface area contributed by atoms with E-state index in [0.717, 1.165) is 44.9 Å².